The number of fused-ring (bicyclic) bond motifs is 1. The van der Waals surface area contributed by atoms with E-state index in [1.54, 1.807) is 0 Å². The molecule has 1 saturated carbocycles. The lowest BCUT2D eigenvalue weighted by atomic mass is 9.88. The number of nitrogens with zero attached hydrogens (tertiary/aromatic N) is 2. The Bertz CT molecular complexity index is 987. The number of H-pyrrole nitrogens is 1. The maximum Gasteiger partial charge on any atom is 0.410 e. The number of amides is 2. The minimum Gasteiger partial charge on any atom is -0.492 e. The number of rotatable bonds is 6. The van der Waals surface area contributed by atoms with Gasteiger partial charge in [-0.25, -0.2) is 4.79 Å². The number of aromatic nitrogens is 1. The SMILES string of the molecule is CCN(C(=O)c1cc2c([nH]1)CCCO2)C1CCCC(N(Cc2ccccc2)C(=O)OC(C)(C)C)C1. The van der Waals surface area contributed by atoms with Gasteiger partial charge in [-0.1, -0.05) is 30.3 Å². The van der Waals surface area contributed by atoms with Crippen molar-refractivity contribution in [2.75, 3.05) is 13.2 Å². The molecule has 2 heterocycles. The number of aryl methyl sites for hydroxylation is 1. The highest BCUT2D eigenvalue weighted by atomic mass is 16.6. The van der Waals surface area contributed by atoms with E-state index < -0.39 is 5.60 Å². The maximum atomic E-state index is 13.5. The van der Waals surface area contributed by atoms with Gasteiger partial charge in [0.15, 0.2) is 0 Å². The molecule has 0 saturated heterocycles. The van der Waals surface area contributed by atoms with Gasteiger partial charge in [-0.3, -0.25) is 4.79 Å². The number of benzene rings is 1. The molecule has 2 aliphatic rings. The van der Waals surface area contributed by atoms with Gasteiger partial charge in [0.05, 0.1) is 12.3 Å². The van der Waals surface area contributed by atoms with Crippen molar-refractivity contribution in [1.29, 1.82) is 0 Å². The Labute approximate surface area is 208 Å². The van der Waals surface area contributed by atoms with Crippen LogP contribution in [0.2, 0.25) is 0 Å². The summed E-state index contributed by atoms with van der Waals surface area (Å²) < 4.78 is 11.5. The zero-order valence-corrected chi connectivity index (χ0v) is 21.5. The van der Waals surface area contributed by atoms with Crippen LogP contribution in [-0.2, 0) is 17.7 Å². The van der Waals surface area contributed by atoms with Crippen molar-refractivity contribution in [2.45, 2.75) is 90.4 Å². The predicted molar refractivity (Wildman–Crippen MR) is 136 cm³/mol. The standard InChI is InChI=1S/C28H39N3O4/c1-5-30(26(32)24-18-25-23(29-24)15-10-16-34-25)21-13-9-14-22(17-21)31(27(33)35-28(2,3)4)19-20-11-7-6-8-12-20/h6-8,11-12,18,21-22,29H,5,9-10,13-17,19H2,1-4H3. The van der Waals surface area contributed by atoms with Crippen LogP contribution < -0.4 is 4.74 Å². The third kappa shape index (κ3) is 6.19. The van der Waals surface area contributed by atoms with E-state index in [4.69, 9.17) is 9.47 Å². The molecule has 2 atom stereocenters. The Hall–Kier alpha value is -2.96. The minimum absolute atomic E-state index is 0.00280. The number of hydrogen-bond donors (Lipinski definition) is 1. The summed E-state index contributed by atoms with van der Waals surface area (Å²) in [4.78, 5) is 33.9. The molecular formula is C28H39N3O4. The van der Waals surface area contributed by atoms with Crippen LogP contribution in [0.25, 0.3) is 0 Å². The fourth-order valence-corrected chi connectivity index (χ4v) is 5.21. The number of nitrogens with one attached hydrogen (secondary N) is 1. The van der Waals surface area contributed by atoms with Crippen molar-refractivity contribution >= 4 is 12.0 Å². The van der Waals surface area contributed by atoms with Gasteiger partial charge in [0, 0.05) is 31.2 Å². The molecular weight excluding hydrogens is 442 g/mol. The van der Waals surface area contributed by atoms with Crippen molar-refractivity contribution in [3.05, 3.63) is 53.3 Å². The zero-order chi connectivity index (χ0) is 25.0. The van der Waals surface area contributed by atoms with E-state index in [0.29, 0.717) is 25.4 Å². The molecule has 1 fully saturated rings. The number of hydrogen-bond acceptors (Lipinski definition) is 4. The van der Waals surface area contributed by atoms with Crippen LogP contribution >= 0.6 is 0 Å². The fourth-order valence-electron chi connectivity index (χ4n) is 5.21. The molecule has 4 rings (SSSR count). The monoisotopic (exact) mass is 481 g/mol. The van der Waals surface area contributed by atoms with E-state index in [0.717, 1.165) is 55.5 Å². The molecule has 7 heteroatoms. The van der Waals surface area contributed by atoms with Gasteiger partial charge in [0.2, 0.25) is 0 Å². The summed E-state index contributed by atoms with van der Waals surface area (Å²) in [7, 11) is 0. The Balaban J connectivity index is 1.52. The highest BCUT2D eigenvalue weighted by Crippen LogP contribution is 2.31. The molecule has 0 spiro atoms. The van der Waals surface area contributed by atoms with Crippen molar-refractivity contribution < 1.29 is 19.1 Å². The summed E-state index contributed by atoms with van der Waals surface area (Å²) in [5.74, 6) is 0.805. The van der Waals surface area contributed by atoms with Crippen molar-refractivity contribution in [3.63, 3.8) is 0 Å². The smallest absolute Gasteiger partial charge is 0.410 e. The van der Waals surface area contributed by atoms with Gasteiger partial charge in [0.25, 0.3) is 5.91 Å². The number of carbonyl (C=O) groups is 2. The molecule has 35 heavy (non-hydrogen) atoms. The third-order valence-corrected chi connectivity index (χ3v) is 6.84. The van der Waals surface area contributed by atoms with Crippen LogP contribution in [0.4, 0.5) is 4.79 Å². The topological polar surface area (TPSA) is 74.9 Å². The van der Waals surface area contributed by atoms with Gasteiger partial charge in [-0.05, 0) is 71.8 Å². The lowest BCUT2D eigenvalue weighted by molar-refractivity contribution is 0.00434. The van der Waals surface area contributed by atoms with Gasteiger partial charge < -0.3 is 24.3 Å². The summed E-state index contributed by atoms with van der Waals surface area (Å²) in [5, 5.41) is 0. The van der Waals surface area contributed by atoms with E-state index >= 15 is 0 Å². The quantitative estimate of drug-likeness (QED) is 0.587. The Morgan fingerprint density at radius 1 is 1.09 bits per heavy atom. The highest BCUT2D eigenvalue weighted by Gasteiger charge is 2.36. The molecule has 2 unspecified atom stereocenters. The first-order valence-electron chi connectivity index (χ1n) is 12.9. The van der Waals surface area contributed by atoms with E-state index in [1.807, 2.05) is 73.9 Å². The van der Waals surface area contributed by atoms with Crippen LogP contribution in [0, 0.1) is 0 Å². The van der Waals surface area contributed by atoms with Crippen LogP contribution in [0.1, 0.15) is 81.5 Å². The first-order valence-corrected chi connectivity index (χ1v) is 12.9. The molecule has 2 amide bonds. The molecule has 1 aromatic carbocycles. The number of aromatic amines is 1. The maximum absolute atomic E-state index is 13.5. The Kier molecular flexibility index (Phi) is 7.72. The van der Waals surface area contributed by atoms with Crippen molar-refractivity contribution in [1.82, 2.24) is 14.8 Å². The van der Waals surface area contributed by atoms with E-state index in [1.165, 1.54) is 0 Å². The van der Waals surface area contributed by atoms with Crippen molar-refractivity contribution in [2.24, 2.45) is 0 Å². The lowest BCUT2D eigenvalue weighted by Gasteiger charge is -2.41. The molecule has 0 radical (unpaired) electrons. The summed E-state index contributed by atoms with van der Waals surface area (Å²) in [5.41, 5.74) is 2.10. The second-order valence-corrected chi connectivity index (χ2v) is 10.6. The summed E-state index contributed by atoms with van der Waals surface area (Å²) in [6.45, 7) is 9.52. The Morgan fingerprint density at radius 3 is 2.46 bits per heavy atom. The fraction of sp³-hybridized carbons (Fsp3) is 0.571. The summed E-state index contributed by atoms with van der Waals surface area (Å²) >= 11 is 0. The molecule has 2 aromatic rings. The predicted octanol–water partition coefficient (Wildman–Crippen LogP) is 5.55. The zero-order valence-electron chi connectivity index (χ0n) is 21.5. The van der Waals surface area contributed by atoms with Crippen LogP contribution in [0.15, 0.2) is 36.4 Å². The molecule has 7 nitrogen and oxygen atoms in total. The molecule has 1 N–H and O–H groups in total. The largest absolute Gasteiger partial charge is 0.492 e. The lowest BCUT2D eigenvalue weighted by Crippen LogP contribution is -2.50. The van der Waals surface area contributed by atoms with Gasteiger partial charge in [-0.2, -0.15) is 0 Å². The van der Waals surface area contributed by atoms with Crippen LogP contribution in [-0.4, -0.2) is 57.6 Å². The minimum atomic E-state index is -0.569. The van der Waals surface area contributed by atoms with Crippen LogP contribution in [0.5, 0.6) is 5.75 Å². The molecule has 1 aliphatic carbocycles. The number of ether oxygens (including phenoxy) is 2. The molecule has 1 aromatic heterocycles. The normalized spacial score (nSPS) is 19.9. The average molecular weight is 482 g/mol. The van der Waals surface area contributed by atoms with E-state index in [9.17, 15) is 9.59 Å². The average Bonchev–Trinajstić information content (AvgIpc) is 3.27. The van der Waals surface area contributed by atoms with Gasteiger partial charge in [-0.15, -0.1) is 0 Å². The summed E-state index contributed by atoms with van der Waals surface area (Å²) in [6, 6.07) is 11.9. The first kappa shape index (κ1) is 25.1. The third-order valence-electron chi connectivity index (χ3n) is 6.84. The molecule has 0 bridgehead atoms. The van der Waals surface area contributed by atoms with Gasteiger partial charge in [0.1, 0.15) is 17.0 Å². The second-order valence-electron chi connectivity index (χ2n) is 10.6. The van der Waals surface area contributed by atoms with Crippen molar-refractivity contribution in [3.8, 4) is 5.75 Å². The highest BCUT2D eigenvalue weighted by molar-refractivity contribution is 5.93. The van der Waals surface area contributed by atoms with E-state index in [-0.39, 0.29) is 24.1 Å². The molecule has 190 valence electrons. The first-order chi connectivity index (χ1) is 16.7. The van der Waals surface area contributed by atoms with E-state index in [2.05, 4.69) is 4.98 Å². The van der Waals surface area contributed by atoms with Gasteiger partial charge >= 0.3 is 6.09 Å². The molecule has 1 aliphatic heterocycles. The van der Waals surface area contributed by atoms with Crippen LogP contribution in [0.3, 0.4) is 0 Å². The second kappa shape index (κ2) is 10.8. The Morgan fingerprint density at radius 2 is 1.80 bits per heavy atom. The number of carbonyl (C=O) groups excluding carboxylic acids is 2. The summed E-state index contributed by atoms with van der Waals surface area (Å²) in [6.07, 6.45) is 5.10.